The highest BCUT2D eigenvalue weighted by molar-refractivity contribution is 7.80. The number of para-hydroxylation sites is 1. The van der Waals surface area contributed by atoms with E-state index in [2.05, 4.69) is 15.6 Å². The maximum Gasteiger partial charge on any atom is 0.221 e. The molecule has 3 heterocycles. The maximum atomic E-state index is 14.9. The number of anilines is 2. The van der Waals surface area contributed by atoms with Crippen molar-refractivity contribution in [3.63, 3.8) is 0 Å². The molecule has 1 saturated heterocycles. The van der Waals surface area contributed by atoms with E-state index in [0.29, 0.717) is 22.2 Å². The second-order valence-corrected chi connectivity index (χ2v) is 8.70. The fraction of sp³-hybridized carbons (Fsp3) is 0.148. The van der Waals surface area contributed by atoms with E-state index < -0.39 is 0 Å². The predicted octanol–water partition coefficient (Wildman–Crippen LogP) is 5.16. The summed E-state index contributed by atoms with van der Waals surface area (Å²) < 4.78 is 22.1. The fourth-order valence-electron chi connectivity index (χ4n) is 4.57. The molecule has 1 amide bonds. The monoisotopic (exact) mass is 501 g/mol. The van der Waals surface area contributed by atoms with Crippen LogP contribution >= 0.6 is 12.2 Å². The zero-order valence-corrected chi connectivity index (χ0v) is 20.5. The maximum absolute atomic E-state index is 14.9. The Morgan fingerprint density at radius 1 is 1.11 bits per heavy atom. The standard InChI is InChI=1S/C27H24FN5O2S/c1-17(34)30-21-16-18(12-13-24(21)35-2)33-26(25(31-27(33)36)20-9-5-6-14-29-20)23-11-7-15-32(23)22-10-4-3-8-19(22)28/h3-16,25-26H,1-2H3,(H,30,34)(H,31,36)/t25-,26-/m1/s1. The van der Waals surface area contributed by atoms with Crippen LogP contribution < -0.4 is 20.3 Å². The first-order chi connectivity index (χ1) is 17.5. The summed E-state index contributed by atoms with van der Waals surface area (Å²) in [5, 5.41) is 6.71. The van der Waals surface area contributed by atoms with Gasteiger partial charge in [-0.1, -0.05) is 18.2 Å². The van der Waals surface area contributed by atoms with E-state index in [4.69, 9.17) is 17.0 Å². The number of hydrogen-bond acceptors (Lipinski definition) is 4. The number of nitrogens with zero attached hydrogens (tertiary/aromatic N) is 3. The van der Waals surface area contributed by atoms with Crippen LogP contribution in [-0.2, 0) is 4.79 Å². The lowest BCUT2D eigenvalue weighted by Crippen LogP contribution is -2.30. The molecule has 182 valence electrons. The number of carbonyl (C=O) groups excluding carboxylic acids is 1. The van der Waals surface area contributed by atoms with Gasteiger partial charge in [-0.2, -0.15) is 0 Å². The van der Waals surface area contributed by atoms with Gasteiger partial charge in [0.25, 0.3) is 0 Å². The average molecular weight is 502 g/mol. The van der Waals surface area contributed by atoms with Gasteiger partial charge >= 0.3 is 0 Å². The van der Waals surface area contributed by atoms with Crippen molar-refractivity contribution in [3.8, 4) is 11.4 Å². The van der Waals surface area contributed by atoms with E-state index in [1.165, 1.54) is 13.0 Å². The Morgan fingerprint density at radius 3 is 2.64 bits per heavy atom. The summed E-state index contributed by atoms with van der Waals surface area (Å²) in [6, 6.07) is 21.0. The molecule has 7 nitrogen and oxygen atoms in total. The number of thiocarbonyl (C=S) groups is 1. The Morgan fingerprint density at radius 2 is 1.92 bits per heavy atom. The number of rotatable bonds is 6. The molecule has 36 heavy (non-hydrogen) atoms. The number of amides is 1. The number of aromatic nitrogens is 2. The Balaban J connectivity index is 1.67. The van der Waals surface area contributed by atoms with Crippen LogP contribution in [0.2, 0.25) is 0 Å². The number of ether oxygens (including phenoxy) is 1. The highest BCUT2D eigenvalue weighted by Gasteiger charge is 2.42. The van der Waals surface area contributed by atoms with Crippen LogP contribution in [0.1, 0.15) is 30.4 Å². The molecule has 0 aliphatic carbocycles. The van der Waals surface area contributed by atoms with Crippen LogP contribution in [0.3, 0.4) is 0 Å². The largest absolute Gasteiger partial charge is 0.495 e. The molecule has 5 rings (SSSR count). The fourth-order valence-corrected chi connectivity index (χ4v) is 4.91. The van der Waals surface area contributed by atoms with Crippen LogP contribution in [0, 0.1) is 5.82 Å². The van der Waals surface area contributed by atoms with Gasteiger partial charge in [0.05, 0.1) is 30.2 Å². The summed E-state index contributed by atoms with van der Waals surface area (Å²) in [6.07, 6.45) is 3.57. The van der Waals surface area contributed by atoms with Gasteiger partial charge in [-0.25, -0.2) is 4.39 Å². The van der Waals surface area contributed by atoms with Gasteiger partial charge in [0, 0.05) is 30.7 Å². The molecule has 0 unspecified atom stereocenters. The molecule has 0 radical (unpaired) electrons. The van der Waals surface area contributed by atoms with Gasteiger partial charge in [0.15, 0.2) is 5.11 Å². The van der Waals surface area contributed by atoms with E-state index in [0.717, 1.165) is 17.1 Å². The molecule has 1 aliphatic heterocycles. The number of methoxy groups -OCH3 is 1. The van der Waals surface area contributed by atoms with Crippen LogP contribution in [-0.4, -0.2) is 27.7 Å². The molecule has 0 bridgehead atoms. The smallest absolute Gasteiger partial charge is 0.221 e. The minimum Gasteiger partial charge on any atom is -0.495 e. The van der Waals surface area contributed by atoms with Crippen molar-refractivity contribution in [2.75, 3.05) is 17.3 Å². The van der Waals surface area contributed by atoms with Gasteiger partial charge in [-0.3, -0.25) is 9.78 Å². The number of carbonyl (C=O) groups is 1. The van der Waals surface area contributed by atoms with Gasteiger partial charge in [0.1, 0.15) is 17.6 Å². The van der Waals surface area contributed by atoms with Crippen molar-refractivity contribution >= 4 is 34.6 Å². The minimum absolute atomic E-state index is 0.219. The average Bonchev–Trinajstić information content (AvgIpc) is 3.48. The van der Waals surface area contributed by atoms with E-state index in [1.807, 2.05) is 58.1 Å². The number of nitrogens with one attached hydrogen (secondary N) is 2. The van der Waals surface area contributed by atoms with E-state index in [9.17, 15) is 9.18 Å². The molecule has 2 atom stereocenters. The van der Waals surface area contributed by atoms with Crippen molar-refractivity contribution in [1.82, 2.24) is 14.9 Å². The van der Waals surface area contributed by atoms with Gasteiger partial charge in [-0.15, -0.1) is 0 Å². The molecule has 2 aromatic carbocycles. The van der Waals surface area contributed by atoms with Crippen LogP contribution in [0.25, 0.3) is 5.69 Å². The van der Waals surface area contributed by atoms with Gasteiger partial charge in [-0.05, 0) is 66.8 Å². The number of hydrogen-bond donors (Lipinski definition) is 2. The second kappa shape index (κ2) is 9.79. The SMILES string of the molecule is COc1ccc(N2C(=S)N[C@H](c3ccccn3)[C@H]2c2cccn2-c2ccccc2F)cc1NC(C)=O. The van der Waals surface area contributed by atoms with Crippen molar-refractivity contribution in [3.05, 3.63) is 102 Å². The normalized spacial score (nSPS) is 17.1. The van der Waals surface area contributed by atoms with Crippen molar-refractivity contribution in [2.24, 2.45) is 0 Å². The summed E-state index contributed by atoms with van der Waals surface area (Å²) >= 11 is 5.81. The molecule has 1 aliphatic rings. The summed E-state index contributed by atoms with van der Waals surface area (Å²) in [5.41, 5.74) is 3.31. The third-order valence-electron chi connectivity index (χ3n) is 6.07. The lowest BCUT2D eigenvalue weighted by atomic mass is 10.0. The highest BCUT2D eigenvalue weighted by atomic mass is 32.1. The Kier molecular flexibility index (Phi) is 6.39. The van der Waals surface area contributed by atoms with Crippen molar-refractivity contribution < 1.29 is 13.9 Å². The molecule has 9 heteroatoms. The third kappa shape index (κ3) is 4.29. The van der Waals surface area contributed by atoms with Gasteiger partial charge in [0.2, 0.25) is 5.91 Å². The quantitative estimate of drug-likeness (QED) is 0.356. The van der Waals surface area contributed by atoms with Crippen LogP contribution in [0.5, 0.6) is 5.75 Å². The van der Waals surface area contributed by atoms with E-state index in [-0.39, 0.29) is 23.8 Å². The van der Waals surface area contributed by atoms with E-state index in [1.54, 1.807) is 37.6 Å². The number of pyridine rings is 1. The third-order valence-corrected chi connectivity index (χ3v) is 6.38. The van der Waals surface area contributed by atoms with E-state index >= 15 is 0 Å². The van der Waals surface area contributed by atoms with Crippen molar-refractivity contribution in [2.45, 2.75) is 19.0 Å². The summed E-state index contributed by atoms with van der Waals surface area (Å²) in [5.74, 6) is -0.0229. The highest BCUT2D eigenvalue weighted by Crippen LogP contribution is 2.43. The lowest BCUT2D eigenvalue weighted by molar-refractivity contribution is -0.114. The van der Waals surface area contributed by atoms with Crippen LogP contribution in [0.15, 0.2) is 85.2 Å². The first-order valence-electron chi connectivity index (χ1n) is 11.4. The Labute approximate surface area is 213 Å². The van der Waals surface area contributed by atoms with Crippen LogP contribution in [0.4, 0.5) is 15.8 Å². The molecule has 4 aromatic rings. The lowest BCUT2D eigenvalue weighted by Gasteiger charge is -2.29. The molecule has 2 aromatic heterocycles. The second-order valence-electron chi connectivity index (χ2n) is 8.32. The Hall–Kier alpha value is -4.24. The number of halogens is 1. The number of benzene rings is 2. The molecular weight excluding hydrogens is 477 g/mol. The predicted molar refractivity (Wildman–Crippen MR) is 141 cm³/mol. The zero-order chi connectivity index (χ0) is 25.2. The summed E-state index contributed by atoms with van der Waals surface area (Å²) in [4.78, 5) is 18.4. The zero-order valence-electron chi connectivity index (χ0n) is 19.7. The Bertz CT molecular complexity index is 1420. The molecule has 0 saturated carbocycles. The van der Waals surface area contributed by atoms with Crippen molar-refractivity contribution in [1.29, 1.82) is 0 Å². The molecule has 1 fully saturated rings. The molecule has 2 N–H and O–H groups in total. The first-order valence-corrected chi connectivity index (χ1v) is 11.8. The molecule has 0 spiro atoms. The van der Waals surface area contributed by atoms with Gasteiger partial charge < -0.3 is 24.8 Å². The minimum atomic E-state index is -0.374. The first kappa shape index (κ1) is 23.5. The molecular formula is C27H24FN5O2S. The summed E-state index contributed by atoms with van der Waals surface area (Å²) in [6.45, 7) is 1.44. The topological polar surface area (TPSA) is 71.4 Å². The summed E-state index contributed by atoms with van der Waals surface area (Å²) in [7, 11) is 1.55.